The monoisotopic (exact) mass is 198 g/mol. The summed E-state index contributed by atoms with van der Waals surface area (Å²) >= 11 is -1.84. The Bertz CT molecular complexity index is 245. The van der Waals surface area contributed by atoms with Crippen molar-refractivity contribution >= 4 is 48.8 Å². The molecule has 0 radical (unpaired) electrons. The van der Waals surface area contributed by atoms with Gasteiger partial charge in [0.1, 0.15) is 0 Å². The van der Waals surface area contributed by atoms with Crippen LogP contribution >= 0.6 is 0 Å². The average molecular weight is 198 g/mol. The van der Waals surface area contributed by atoms with Gasteiger partial charge in [-0.1, -0.05) is 17.7 Å². The van der Waals surface area contributed by atoms with Crippen molar-refractivity contribution in [3.05, 3.63) is 29.8 Å². The van der Waals surface area contributed by atoms with Gasteiger partial charge < -0.3 is 4.55 Å². The van der Waals surface area contributed by atoms with Gasteiger partial charge in [0.2, 0.25) is 0 Å². The maximum absolute atomic E-state index is 10.4. The van der Waals surface area contributed by atoms with Crippen LogP contribution in [0, 0.1) is 6.92 Å². The van der Waals surface area contributed by atoms with Crippen LogP contribution in [0.25, 0.3) is 0 Å². The predicted molar refractivity (Wildman–Crippen MR) is 48.8 cm³/mol. The molecule has 1 N–H and O–H groups in total. The van der Waals surface area contributed by atoms with Crippen LogP contribution in [0.4, 0.5) is 0 Å². The van der Waals surface area contributed by atoms with Gasteiger partial charge in [-0.25, -0.2) is 4.21 Å². The van der Waals surface area contributed by atoms with Gasteiger partial charge in [0, 0.05) is 0 Å². The van der Waals surface area contributed by atoms with Crippen LogP contribution in [0.2, 0.25) is 0 Å². The molecule has 0 bridgehead atoms. The molecule has 2 nitrogen and oxygen atoms in total. The molecule has 1 atom stereocenters. The van der Waals surface area contributed by atoms with E-state index in [9.17, 15) is 4.21 Å². The molecule has 58 valence electrons. The first-order chi connectivity index (χ1) is 4.70. The first-order valence-electron chi connectivity index (χ1n) is 2.87. The van der Waals surface area contributed by atoms with E-state index in [1.165, 1.54) is 0 Å². The zero-order valence-corrected chi connectivity index (χ0v) is 6.39. The van der Waals surface area contributed by atoms with Crippen molar-refractivity contribution in [2.75, 3.05) is 0 Å². The number of hydrogen-bond acceptors (Lipinski definition) is 1. The first-order valence-corrected chi connectivity index (χ1v) is 3.98. The summed E-state index contributed by atoms with van der Waals surface area (Å²) in [6.07, 6.45) is 0. The molecule has 11 heavy (non-hydrogen) atoms. The Kier molecular flexibility index (Phi) is 5.56. The van der Waals surface area contributed by atoms with Gasteiger partial charge >= 0.3 is 37.7 Å². The van der Waals surface area contributed by atoms with E-state index in [-0.39, 0.29) is 37.7 Å². The van der Waals surface area contributed by atoms with E-state index in [0.717, 1.165) is 5.56 Å². The van der Waals surface area contributed by atoms with E-state index in [4.69, 9.17) is 4.55 Å². The Labute approximate surface area is 98.3 Å². The zero-order valence-electron chi connectivity index (χ0n) is 5.57. The minimum atomic E-state index is -1.84. The molecule has 0 fully saturated rings. The maximum atomic E-state index is 10.4. The van der Waals surface area contributed by atoms with Gasteiger partial charge in [-0.3, -0.25) is 0 Å². The second-order valence-electron chi connectivity index (χ2n) is 2.06. The number of benzene rings is 1. The van der Waals surface area contributed by atoms with Crippen LogP contribution in [-0.4, -0.2) is 46.5 Å². The molecule has 0 saturated carbocycles. The van der Waals surface area contributed by atoms with E-state index in [0.29, 0.717) is 4.90 Å². The zero-order chi connectivity index (χ0) is 7.56. The molecular formula is C7H10CaO2S. The summed E-state index contributed by atoms with van der Waals surface area (Å²) in [6, 6.07) is 6.91. The molecule has 0 aliphatic heterocycles. The van der Waals surface area contributed by atoms with Gasteiger partial charge in [0.15, 0.2) is 11.1 Å². The van der Waals surface area contributed by atoms with Crippen LogP contribution in [0.5, 0.6) is 0 Å². The predicted octanol–water partition coefficient (Wildman–Crippen LogP) is 0.659. The van der Waals surface area contributed by atoms with Crippen molar-refractivity contribution < 1.29 is 8.76 Å². The average Bonchev–Trinajstić information content (AvgIpc) is 1.88. The Morgan fingerprint density at radius 3 is 2.09 bits per heavy atom. The van der Waals surface area contributed by atoms with E-state index in [2.05, 4.69) is 0 Å². The summed E-state index contributed by atoms with van der Waals surface area (Å²) < 4.78 is 19.0. The van der Waals surface area contributed by atoms with Gasteiger partial charge in [0.25, 0.3) is 0 Å². The molecule has 0 saturated heterocycles. The molecule has 1 rings (SSSR count). The molecule has 0 amide bonds. The fourth-order valence-corrected chi connectivity index (χ4v) is 1.02. The quantitative estimate of drug-likeness (QED) is 0.531. The number of aryl methyl sites for hydroxylation is 1. The Hall–Kier alpha value is 0.590. The Balaban J connectivity index is 0.000001000. The molecule has 1 aromatic carbocycles. The number of hydrogen-bond donors (Lipinski definition) is 1. The van der Waals surface area contributed by atoms with Crippen LogP contribution in [0.1, 0.15) is 5.56 Å². The van der Waals surface area contributed by atoms with E-state index in [1.807, 2.05) is 19.1 Å². The normalized spacial score (nSPS) is 11.8. The summed E-state index contributed by atoms with van der Waals surface area (Å²) in [6.45, 7) is 1.93. The molecule has 4 heteroatoms. The summed E-state index contributed by atoms with van der Waals surface area (Å²) in [5.74, 6) is 0. The van der Waals surface area contributed by atoms with Crippen molar-refractivity contribution in [2.24, 2.45) is 0 Å². The third kappa shape index (κ3) is 3.67. The van der Waals surface area contributed by atoms with Gasteiger partial charge in [-0.05, 0) is 19.1 Å². The standard InChI is InChI=1S/C7H8O2S.Ca.2H/c1-6-2-4-7(5-3-6)10(8)9;;;/h2-5H,1H3,(H,8,9);;;. The van der Waals surface area contributed by atoms with Crippen molar-refractivity contribution in [2.45, 2.75) is 11.8 Å². The van der Waals surface area contributed by atoms with Gasteiger partial charge in [0.05, 0.1) is 4.90 Å². The summed E-state index contributed by atoms with van der Waals surface area (Å²) in [5.41, 5.74) is 1.09. The topological polar surface area (TPSA) is 37.3 Å². The second-order valence-corrected chi connectivity index (χ2v) is 3.03. The fraction of sp³-hybridized carbons (Fsp3) is 0.143. The molecule has 0 aromatic heterocycles. The van der Waals surface area contributed by atoms with Crippen molar-refractivity contribution in [3.8, 4) is 0 Å². The third-order valence-corrected chi connectivity index (χ3v) is 1.90. The van der Waals surface area contributed by atoms with E-state index < -0.39 is 11.1 Å². The summed E-state index contributed by atoms with van der Waals surface area (Å²) in [7, 11) is 0. The minimum absolute atomic E-state index is 0. The van der Waals surface area contributed by atoms with Gasteiger partial charge in [-0.2, -0.15) is 0 Å². The van der Waals surface area contributed by atoms with Crippen molar-refractivity contribution in [3.63, 3.8) is 0 Å². The van der Waals surface area contributed by atoms with Crippen LogP contribution in [0.3, 0.4) is 0 Å². The second kappa shape index (κ2) is 5.27. The molecule has 0 aliphatic carbocycles. The van der Waals surface area contributed by atoms with E-state index in [1.54, 1.807) is 12.1 Å². The first kappa shape index (κ1) is 11.6. The Morgan fingerprint density at radius 1 is 1.27 bits per heavy atom. The third-order valence-electron chi connectivity index (χ3n) is 1.22. The van der Waals surface area contributed by atoms with Crippen LogP contribution in [-0.2, 0) is 11.1 Å². The van der Waals surface area contributed by atoms with Crippen LogP contribution < -0.4 is 0 Å². The molecule has 0 aliphatic rings. The summed E-state index contributed by atoms with van der Waals surface area (Å²) in [4.78, 5) is 0.450. The molecule has 1 unspecified atom stereocenters. The van der Waals surface area contributed by atoms with Crippen molar-refractivity contribution in [1.82, 2.24) is 0 Å². The molecular weight excluding hydrogens is 188 g/mol. The molecule has 1 aromatic rings. The van der Waals surface area contributed by atoms with Gasteiger partial charge in [-0.15, -0.1) is 0 Å². The fourth-order valence-electron chi connectivity index (χ4n) is 0.655. The molecule has 0 heterocycles. The number of rotatable bonds is 1. The summed E-state index contributed by atoms with van der Waals surface area (Å²) in [5, 5.41) is 0. The Morgan fingerprint density at radius 2 is 1.73 bits per heavy atom. The SMILES string of the molecule is Cc1ccc(S(=O)O)cc1.[CaH2]. The van der Waals surface area contributed by atoms with E-state index >= 15 is 0 Å². The molecule has 0 spiro atoms. The van der Waals surface area contributed by atoms with Crippen molar-refractivity contribution in [1.29, 1.82) is 0 Å². The van der Waals surface area contributed by atoms with Crippen LogP contribution in [0.15, 0.2) is 29.2 Å².